The molecular formula is C12H14ClIN2S. The van der Waals surface area contributed by atoms with Crippen molar-refractivity contribution in [2.24, 2.45) is 4.99 Å². The van der Waals surface area contributed by atoms with Crippen molar-refractivity contribution in [2.75, 3.05) is 11.1 Å². The highest BCUT2D eigenvalue weighted by Gasteiger charge is 2.28. The van der Waals surface area contributed by atoms with Gasteiger partial charge in [0.1, 0.15) is 0 Å². The third-order valence-electron chi connectivity index (χ3n) is 2.83. The van der Waals surface area contributed by atoms with Crippen LogP contribution in [0.4, 0.5) is 5.69 Å². The summed E-state index contributed by atoms with van der Waals surface area (Å²) in [6.45, 7) is 4.38. The van der Waals surface area contributed by atoms with Crippen molar-refractivity contribution in [2.45, 2.75) is 25.8 Å². The van der Waals surface area contributed by atoms with Crippen LogP contribution in [0.3, 0.4) is 0 Å². The molecule has 0 aromatic heterocycles. The SMILES string of the molecule is CCC1(C)CSC(Nc2ccc(Cl)cc2I)=N1. The van der Waals surface area contributed by atoms with Gasteiger partial charge in [0.2, 0.25) is 0 Å². The highest BCUT2D eigenvalue weighted by atomic mass is 127. The van der Waals surface area contributed by atoms with E-state index >= 15 is 0 Å². The fourth-order valence-corrected chi connectivity index (χ4v) is 3.67. The summed E-state index contributed by atoms with van der Waals surface area (Å²) < 4.78 is 1.11. The van der Waals surface area contributed by atoms with Crippen LogP contribution < -0.4 is 5.32 Å². The number of anilines is 1. The molecule has 1 aliphatic heterocycles. The maximum Gasteiger partial charge on any atom is 0.161 e. The summed E-state index contributed by atoms with van der Waals surface area (Å²) in [5.74, 6) is 1.05. The zero-order valence-corrected chi connectivity index (χ0v) is 13.5. The second-order valence-corrected chi connectivity index (χ2v) is 6.87. The van der Waals surface area contributed by atoms with Crippen LogP contribution in [0.15, 0.2) is 23.2 Å². The Hall–Kier alpha value is 0.0600. The number of aliphatic imine (C=N–C) groups is 1. The van der Waals surface area contributed by atoms with Gasteiger partial charge in [0.05, 0.1) is 11.2 Å². The number of hydrogen-bond acceptors (Lipinski definition) is 3. The molecule has 17 heavy (non-hydrogen) atoms. The molecule has 0 bridgehead atoms. The highest BCUT2D eigenvalue weighted by molar-refractivity contribution is 14.1. The Morgan fingerprint density at radius 2 is 2.35 bits per heavy atom. The third kappa shape index (κ3) is 3.29. The smallest absolute Gasteiger partial charge is 0.161 e. The normalized spacial score (nSPS) is 23.6. The molecule has 5 heteroatoms. The standard InChI is InChI=1S/C12H14ClIN2S/c1-3-12(2)7-17-11(16-12)15-10-5-4-8(13)6-9(10)14/h4-6H,3,7H2,1-2H3,(H,15,16). The lowest BCUT2D eigenvalue weighted by molar-refractivity contribution is 0.523. The molecule has 1 aromatic carbocycles. The van der Waals surface area contributed by atoms with Gasteiger partial charge in [-0.05, 0) is 54.1 Å². The predicted octanol–water partition coefficient (Wildman–Crippen LogP) is 4.63. The van der Waals surface area contributed by atoms with Gasteiger partial charge in [-0.1, -0.05) is 30.3 Å². The molecule has 1 aliphatic rings. The number of benzene rings is 1. The molecule has 0 fully saturated rings. The Labute approximate surface area is 125 Å². The van der Waals surface area contributed by atoms with E-state index in [1.807, 2.05) is 18.2 Å². The van der Waals surface area contributed by atoms with Crippen molar-refractivity contribution < 1.29 is 0 Å². The van der Waals surface area contributed by atoms with Crippen LogP contribution in [0.1, 0.15) is 20.3 Å². The third-order valence-corrected chi connectivity index (χ3v) is 5.19. The number of amidine groups is 1. The maximum atomic E-state index is 5.93. The van der Waals surface area contributed by atoms with Gasteiger partial charge in [0, 0.05) is 14.3 Å². The van der Waals surface area contributed by atoms with E-state index < -0.39 is 0 Å². The van der Waals surface area contributed by atoms with Crippen LogP contribution in [0.2, 0.25) is 5.02 Å². The minimum Gasteiger partial charge on any atom is -0.334 e. The quantitative estimate of drug-likeness (QED) is 0.757. The Kier molecular flexibility index (Phi) is 4.26. The van der Waals surface area contributed by atoms with E-state index in [0.717, 1.165) is 31.6 Å². The van der Waals surface area contributed by atoms with Crippen LogP contribution in [0, 0.1) is 3.57 Å². The van der Waals surface area contributed by atoms with Crippen molar-refractivity contribution in [1.29, 1.82) is 0 Å². The van der Waals surface area contributed by atoms with Gasteiger partial charge in [-0.25, -0.2) is 0 Å². The Bertz CT molecular complexity index is 464. The number of thioether (sulfide) groups is 1. The van der Waals surface area contributed by atoms with Gasteiger partial charge in [-0.15, -0.1) is 0 Å². The summed E-state index contributed by atoms with van der Waals surface area (Å²) in [6.07, 6.45) is 1.07. The summed E-state index contributed by atoms with van der Waals surface area (Å²) in [5.41, 5.74) is 1.16. The summed E-state index contributed by atoms with van der Waals surface area (Å²) in [6, 6.07) is 5.84. The van der Waals surface area contributed by atoms with E-state index in [2.05, 4.69) is 41.8 Å². The van der Waals surface area contributed by atoms with Gasteiger partial charge in [0.25, 0.3) is 0 Å². The van der Waals surface area contributed by atoms with E-state index in [0.29, 0.717) is 0 Å². The first kappa shape index (κ1) is 13.5. The van der Waals surface area contributed by atoms with Crippen LogP contribution in [-0.2, 0) is 0 Å². The molecular weight excluding hydrogens is 367 g/mol. The number of hydrogen-bond donors (Lipinski definition) is 1. The molecule has 1 unspecified atom stereocenters. The molecule has 0 aliphatic carbocycles. The topological polar surface area (TPSA) is 24.4 Å². The van der Waals surface area contributed by atoms with Crippen molar-refractivity contribution in [3.05, 3.63) is 26.8 Å². The Morgan fingerprint density at radius 1 is 1.59 bits per heavy atom. The summed E-state index contributed by atoms with van der Waals surface area (Å²) >= 11 is 10.00. The number of rotatable bonds is 2. The van der Waals surface area contributed by atoms with E-state index in [4.69, 9.17) is 16.6 Å². The second-order valence-electron chi connectivity index (χ2n) is 4.31. The first-order valence-corrected chi connectivity index (χ1v) is 7.91. The lowest BCUT2D eigenvalue weighted by atomic mass is 10.0. The fourth-order valence-electron chi connectivity index (χ4n) is 1.48. The first-order valence-electron chi connectivity index (χ1n) is 5.47. The highest BCUT2D eigenvalue weighted by Crippen LogP contribution is 2.32. The van der Waals surface area contributed by atoms with Crippen molar-refractivity contribution in [3.63, 3.8) is 0 Å². The van der Waals surface area contributed by atoms with E-state index in [9.17, 15) is 0 Å². The Morgan fingerprint density at radius 3 is 2.94 bits per heavy atom. The van der Waals surface area contributed by atoms with Crippen molar-refractivity contribution >= 4 is 56.8 Å². The second kappa shape index (κ2) is 5.36. The van der Waals surface area contributed by atoms with Crippen molar-refractivity contribution in [3.8, 4) is 0 Å². The molecule has 92 valence electrons. The average molecular weight is 381 g/mol. The molecule has 2 rings (SSSR count). The summed E-state index contributed by atoms with van der Waals surface area (Å²) in [4.78, 5) is 4.73. The van der Waals surface area contributed by atoms with E-state index in [-0.39, 0.29) is 5.54 Å². The van der Waals surface area contributed by atoms with Crippen LogP contribution in [0.5, 0.6) is 0 Å². The van der Waals surface area contributed by atoms with Gasteiger partial charge >= 0.3 is 0 Å². The zero-order valence-electron chi connectivity index (χ0n) is 9.76. The van der Waals surface area contributed by atoms with Gasteiger partial charge < -0.3 is 5.32 Å². The minimum atomic E-state index is 0.0882. The van der Waals surface area contributed by atoms with E-state index in [1.54, 1.807) is 11.8 Å². The monoisotopic (exact) mass is 380 g/mol. The number of nitrogens with one attached hydrogen (secondary N) is 1. The molecule has 0 amide bonds. The lowest BCUT2D eigenvalue weighted by Gasteiger charge is -2.15. The van der Waals surface area contributed by atoms with E-state index in [1.165, 1.54) is 0 Å². The average Bonchev–Trinajstić information content (AvgIpc) is 2.66. The molecule has 1 atom stereocenters. The van der Waals surface area contributed by atoms with Gasteiger partial charge in [-0.2, -0.15) is 0 Å². The number of halogens is 2. The molecule has 0 spiro atoms. The molecule has 0 radical (unpaired) electrons. The molecule has 0 saturated carbocycles. The fraction of sp³-hybridized carbons (Fsp3) is 0.417. The molecule has 1 heterocycles. The predicted molar refractivity (Wildman–Crippen MR) is 86.4 cm³/mol. The molecule has 0 saturated heterocycles. The van der Waals surface area contributed by atoms with Crippen molar-refractivity contribution in [1.82, 2.24) is 0 Å². The lowest BCUT2D eigenvalue weighted by Crippen LogP contribution is -2.20. The maximum absolute atomic E-state index is 5.93. The van der Waals surface area contributed by atoms with Gasteiger partial charge in [-0.3, -0.25) is 4.99 Å². The largest absolute Gasteiger partial charge is 0.334 e. The molecule has 1 N–H and O–H groups in total. The minimum absolute atomic E-state index is 0.0882. The van der Waals surface area contributed by atoms with Crippen LogP contribution >= 0.6 is 46.0 Å². The zero-order chi connectivity index (χ0) is 12.5. The molecule has 1 aromatic rings. The summed E-state index contributed by atoms with van der Waals surface area (Å²) in [5, 5.41) is 5.14. The van der Waals surface area contributed by atoms with Crippen LogP contribution in [0.25, 0.3) is 0 Å². The Balaban J connectivity index is 2.15. The van der Waals surface area contributed by atoms with Gasteiger partial charge in [0.15, 0.2) is 5.17 Å². The molecule has 2 nitrogen and oxygen atoms in total. The van der Waals surface area contributed by atoms with Crippen LogP contribution in [-0.4, -0.2) is 16.5 Å². The first-order chi connectivity index (χ1) is 8.02. The summed E-state index contributed by atoms with van der Waals surface area (Å²) in [7, 11) is 0. The number of nitrogens with zero attached hydrogens (tertiary/aromatic N) is 1.